The minimum atomic E-state index is 0.473. The van der Waals surface area contributed by atoms with Gasteiger partial charge in [0.15, 0.2) is 6.39 Å². The molecule has 1 aliphatic rings. The fourth-order valence-electron chi connectivity index (χ4n) is 2.56. The van der Waals surface area contributed by atoms with Crippen molar-refractivity contribution in [2.75, 3.05) is 13.2 Å². The second kappa shape index (κ2) is 7.06. The van der Waals surface area contributed by atoms with E-state index in [9.17, 15) is 0 Å². The summed E-state index contributed by atoms with van der Waals surface area (Å²) in [5.74, 6) is 2.42. The Morgan fingerprint density at radius 3 is 2.95 bits per heavy atom. The Labute approximate surface area is 115 Å². The lowest BCUT2D eigenvalue weighted by Crippen LogP contribution is -2.32. The van der Waals surface area contributed by atoms with Crippen LogP contribution in [0.4, 0.5) is 0 Å². The van der Waals surface area contributed by atoms with Gasteiger partial charge in [0.1, 0.15) is 5.76 Å². The van der Waals surface area contributed by atoms with Crippen LogP contribution in [0.25, 0.3) is 0 Å². The summed E-state index contributed by atoms with van der Waals surface area (Å²) < 4.78 is 11.1. The first-order valence-corrected chi connectivity index (χ1v) is 7.42. The maximum Gasteiger partial charge on any atom is 0.181 e. The molecule has 2 rings (SSSR count). The van der Waals surface area contributed by atoms with Gasteiger partial charge in [-0.25, -0.2) is 4.98 Å². The molecule has 1 fully saturated rings. The van der Waals surface area contributed by atoms with E-state index in [4.69, 9.17) is 9.15 Å². The molecule has 19 heavy (non-hydrogen) atoms. The highest BCUT2D eigenvalue weighted by atomic mass is 16.5. The van der Waals surface area contributed by atoms with Gasteiger partial charge in [-0.05, 0) is 38.1 Å². The van der Waals surface area contributed by atoms with Gasteiger partial charge in [-0.1, -0.05) is 13.8 Å². The van der Waals surface area contributed by atoms with E-state index in [-0.39, 0.29) is 0 Å². The lowest BCUT2D eigenvalue weighted by atomic mass is 9.79. The van der Waals surface area contributed by atoms with Crippen LogP contribution in [0.2, 0.25) is 0 Å². The van der Waals surface area contributed by atoms with Crippen molar-refractivity contribution in [1.29, 1.82) is 0 Å². The molecule has 108 valence electrons. The number of aromatic nitrogens is 1. The predicted octanol–water partition coefficient (Wildman–Crippen LogP) is 2.78. The molecule has 0 aromatic carbocycles. The van der Waals surface area contributed by atoms with Crippen molar-refractivity contribution in [2.45, 2.75) is 52.7 Å². The molecular formula is C15H26N2O2. The summed E-state index contributed by atoms with van der Waals surface area (Å²) in [7, 11) is 0. The van der Waals surface area contributed by atoms with Crippen LogP contribution in [0.3, 0.4) is 0 Å². The number of rotatable bonds is 8. The normalized spacial score (nSPS) is 22.7. The Hall–Kier alpha value is -0.870. The van der Waals surface area contributed by atoms with Gasteiger partial charge in [-0.3, -0.25) is 0 Å². The Balaban J connectivity index is 1.74. The van der Waals surface area contributed by atoms with Crippen molar-refractivity contribution < 1.29 is 9.15 Å². The van der Waals surface area contributed by atoms with Gasteiger partial charge in [0, 0.05) is 19.6 Å². The summed E-state index contributed by atoms with van der Waals surface area (Å²) in [6, 6.07) is 0. The fraction of sp³-hybridized carbons (Fsp3) is 0.800. The maximum absolute atomic E-state index is 5.59. The first-order chi connectivity index (χ1) is 9.19. The number of nitrogens with one attached hydrogen (secondary N) is 1. The van der Waals surface area contributed by atoms with E-state index in [1.165, 1.54) is 0 Å². The van der Waals surface area contributed by atoms with Crippen LogP contribution < -0.4 is 5.32 Å². The molecule has 1 aliphatic carbocycles. The zero-order valence-electron chi connectivity index (χ0n) is 12.3. The highest BCUT2D eigenvalue weighted by Crippen LogP contribution is 2.33. The van der Waals surface area contributed by atoms with Crippen LogP contribution >= 0.6 is 0 Å². The van der Waals surface area contributed by atoms with Crippen molar-refractivity contribution in [2.24, 2.45) is 11.8 Å². The van der Waals surface area contributed by atoms with Gasteiger partial charge in [-0.15, -0.1) is 0 Å². The van der Waals surface area contributed by atoms with Gasteiger partial charge in [0.25, 0.3) is 0 Å². The highest BCUT2D eigenvalue weighted by Gasteiger charge is 2.31. The SMILES string of the molecule is CCOC1CC(Cc2ocnc2CNCC(C)C)C1. The quantitative estimate of drug-likeness (QED) is 0.786. The van der Waals surface area contributed by atoms with Crippen molar-refractivity contribution in [3.05, 3.63) is 17.8 Å². The Kier molecular flexibility index (Phi) is 5.40. The molecule has 0 radical (unpaired) electrons. The number of hydrogen-bond donors (Lipinski definition) is 1. The van der Waals surface area contributed by atoms with E-state index >= 15 is 0 Å². The monoisotopic (exact) mass is 266 g/mol. The minimum absolute atomic E-state index is 0.473. The number of nitrogens with zero attached hydrogens (tertiary/aromatic N) is 1. The van der Waals surface area contributed by atoms with Gasteiger partial charge < -0.3 is 14.5 Å². The number of ether oxygens (including phenoxy) is 1. The average molecular weight is 266 g/mol. The lowest BCUT2D eigenvalue weighted by Gasteiger charge is -2.34. The highest BCUT2D eigenvalue weighted by molar-refractivity contribution is 5.09. The summed E-state index contributed by atoms with van der Waals surface area (Å²) >= 11 is 0. The molecule has 0 spiro atoms. The van der Waals surface area contributed by atoms with E-state index in [1.54, 1.807) is 6.39 Å². The molecule has 1 heterocycles. The zero-order valence-corrected chi connectivity index (χ0v) is 12.3. The second-order valence-electron chi connectivity index (χ2n) is 5.87. The molecule has 1 N–H and O–H groups in total. The Morgan fingerprint density at radius 2 is 2.26 bits per heavy atom. The number of oxazole rings is 1. The van der Waals surface area contributed by atoms with E-state index in [0.29, 0.717) is 17.9 Å². The first-order valence-electron chi connectivity index (χ1n) is 7.42. The third-order valence-electron chi connectivity index (χ3n) is 3.64. The molecule has 1 aromatic rings. The molecule has 4 heteroatoms. The average Bonchev–Trinajstić information content (AvgIpc) is 2.74. The molecular weight excluding hydrogens is 240 g/mol. The smallest absolute Gasteiger partial charge is 0.181 e. The standard InChI is InChI=1S/C15H26N2O2/c1-4-18-13-5-12(6-13)7-15-14(17-10-19-15)9-16-8-11(2)3/h10-13,16H,4-9H2,1-3H3. The first kappa shape index (κ1) is 14.5. The second-order valence-corrected chi connectivity index (χ2v) is 5.87. The van der Waals surface area contributed by atoms with E-state index in [2.05, 4.69) is 31.1 Å². The zero-order chi connectivity index (χ0) is 13.7. The molecule has 0 atom stereocenters. The predicted molar refractivity (Wildman–Crippen MR) is 74.9 cm³/mol. The Bertz CT molecular complexity index is 370. The van der Waals surface area contributed by atoms with Crippen molar-refractivity contribution >= 4 is 0 Å². The summed E-state index contributed by atoms with van der Waals surface area (Å²) in [6.45, 7) is 9.12. The van der Waals surface area contributed by atoms with Crippen LogP contribution in [0, 0.1) is 11.8 Å². The van der Waals surface area contributed by atoms with Gasteiger partial charge in [0.2, 0.25) is 0 Å². The molecule has 0 amide bonds. The molecule has 0 aliphatic heterocycles. The molecule has 1 saturated carbocycles. The summed E-state index contributed by atoms with van der Waals surface area (Å²) in [6.07, 6.45) is 5.36. The van der Waals surface area contributed by atoms with Crippen molar-refractivity contribution in [3.8, 4) is 0 Å². The van der Waals surface area contributed by atoms with Crippen LogP contribution in [0.1, 0.15) is 45.1 Å². The Morgan fingerprint density at radius 1 is 1.47 bits per heavy atom. The van der Waals surface area contributed by atoms with Crippen molar-refractivity contribution in [3.63, 3.8) is 0 Å². The van der Waals surface area contributed by atoms with Gasteiger partial charge in [-0.2, -0.15) is 0 Å². The van der Waals surface area contributed by atoms with Crippen LogP contribution in [0.15, 0.2) is 10.8 Å². The van der Waals surface area contributed by atoms with E-state index in [1.807, 2.05) is 0 Å². The molecule has 0 saturated heterocycles. The minimum Gasteiger partial charge on any atom is -0.448 e. The molecule has 0 bridgehead atoms. The largest absolute Gasteiger partial charge is 0.448 e. The molecule has 1 aromatic heterocycles. The van der Waals surface area contributed by atoms with E-state index < -0.39 is 0 Å². The van der Waals surface area contributed by atoms with Gasteiger partial charge >= 0.3 is 0 Å². The lowest BCUT2D eigenvalue weighted by molar-refractivity contribution is -0.0252. The summed E-state index contributed by atoms with van der Waals surface area (Å²) in [4.78, 5) is 4.32. The molecule has 0 unspecified atom stereocenters. The van der Waals surface area contributed by atoms with Crippen LogP contribution in [-0.2, 0) is 17.7 Å². The van der Waals surface area contributed by atoms with E-state index in [0.717, 1.165) is 50.4 Å². The van der Waals surface area contributed by atoms with Crippen LogP contribution in [0.5, 0.6) is 0 Å². The molecule has 4 nitrogen and oxygen atoms in total. The third-order valence-corrected chi connectivity index (χ3v) is 3.64. The number of hydrogen-bond acceptors (Lipinski definition) is 4. The summed E-state index contributed by atoms with van der Waals surface area (Å²) in [5, 5.41) is 3.42. The fourth-order valence-corrected chi connectivity index (χ4v) is 2.56. The summed E-state index contributed by atoms with van der Waals surface area (Å²) in [5.41, 5.74) is 1.07. The third kappa shape index (κ3) is 4.32. The van der Waals surface area contributed by atoms with Crippen molar-refractivity contribution in [1.82, 2.24) is 10.3 Å². The topological polar surface area (TPSA) is 47.3 Å². The van der Waals surface area contributed by atoms with Crippen LogP contribution in [-0.4, -0.2) is 24.2 Å². The van der Waals surface area contributed by atoms with Gasteiger partial charge in [0.05, 0.1) is 11.8 Å². The maximum atomic E-state index is 5.59.